The number of carbonyl (C=O) groups excluding carboxylic acids is 1. The molecule has 3 aromatic rings. The summed E-state index contributed by atoms with van der Waals surface area (Å²) in [6, 6.07) is 7.28. The van der Waals surface area contributed by atoms with E-state index >= 15 is 0 Å². The van der Waals surface area contributed by atoms with Gasteiger partial charge in [0.15, 0.2) is 11.5 Å². The molecule has 1 aliphatic heterocycles. The molecule has 0 bridgehead atoms. The van der Waals surface area contributed by atoms with Gasteiger partial charge in [0.2, 0.25) is 0 Å². The third kappa shape index (κ3) is 4.66. The molecule has 0 atom stereocenters. The lowest BCUT2D eigenvalue weighted by atomic mass is 9.75. The summed E-state index contributed by atoms with van der Waals surface area (Å²) in [6.07, 6.45) is -1.95. The van der Waals surface area contributed by atoms with E-state index in [1.807, 2.05) is 4.90 Å². The zero-order valence-electron chi connectivity index (χ0n) is 19.0. The van der Waals surface area contributed by atoms with Crippen LogP contribution in [0.2, 0.25) is 0 Å². The maximum atomic E-state index is 13.2. The number of pyridine rings is 2. The molecule has 1 saturated heterocycles. The van der Waals surface area contributed by atoms with Gasteiger partial charge in [-0.3, -0.25) is 14.6 Å². The number of nitriles is 1. The number of amides is 1. The minimum absolute atomic E-state index is 0.0697. The van der Waals surface area contributed by atoms with Gasteiger partial charge in [0.1, 0.15) is 5.56 Å². The highest BCUT2D eigenvalue weighted by atomic mass is 19.4. The zero-order valence-corrected chi connectivity index (χ0v) is 19.0. The van der Waals surface area contributed by atoms with Crippen LogP contribution in [0.1, 0.15) is 40.0 Å². The quantitative estimate of drug-likeness (QED) is 0.582. The standard InChI is InChI=1S/C23H22F3N7O2/c1-13-18(23(24,25)26)21(35)30-16-9-14(11-29-19(13)16)10-22(12-27)5-7-33(8-6-22)17-4-3-15(31-32-17)20(34)28-2/h3-4,9,11H,5-8,10H2,1-2H3,(H,28,34)(H,30,35). The molecule has 35 heavy (non-hydrogen) atoms. The number of hydrogen-bond donors (Lipinski definition) is 2. The van der Waals surface area contributed by atoms with Crippen LogP contribution in [-0.4, -0.2) is 46.2 Å². The van der Waals surface area contributed by atoms with E-state index < -0.39 is 22.7 Å². The van der Waals surface area contributed by atoms with Crippen molar-refractivity contribution < 1.29 is 18.0 Å². The Morgan fingerprint density at radius 1 is 1.29 bits per heavy atom. The average molecular weight is 485 g/mol. The van der Waals surface area contributed by atoms with E-state index in [9.17, 15) is 28.0 Å². The monoisotopic (exact) mass is 485 g/mol. The fraction of sp³-hybridized carbons (Fsp3) is 0.391. The molecule has 2 N–H and O–H groups in total. The second kappa shape index (κ2) is 8.98. The molecule has 4 heterocycles. The maximum absolute atomic E-state index is 13.2. The topological polar surface area (TPSA) is 128 Å². The Labute approximate surface area is 198 Å². The Morgan fingerprint density at radius 3 is 2.57 bits per heavy atom. The van der Waals surface area contributed by atoms with Crippen LogP contribution in [0.15, 0.2) is 29.2 Å². The first kappa shape index (κ1) is 24.1. The number of aryl methyl sites for hydroxylation is 1. The Hall–Kier alpha value is -4.01. The summed E-state index contributed by atoms with van der Waals surface area (Å²) in [5, 5.41) is 20.5. The third-order valence-electron chi connectivity index (χ3n) is 6.37. The molecule has 0 unspecified atom stereocenters. The molecule has 3 aromatic heterocycles. The zero-order chi connectivity index (χ0) is 25.4. The Balaban J connectivity index is 1.52. The molecule has 1 amide bonds. The van der Waals surface area contributed by atoms with Gasteiger partial charge in [-0.25, -0.2) is 0 Å². The SMILES string of the molecule is CNC(=O)c1ccc(N2CCC(C#N)(Cc3cnc4c(C)c(C(F)(F)F)c(=O)[nH]c4c3)CC2)nn1. The van der Waals surface area contributed by atoms with Gasteiger partial charge >= 0.3 is 6.18 Å². The average Bonchev–Trinajstić information content (AvgIpc) is 2.83. The number of alkyl halides is 3. The summed E-state index contributed by atoms with van der Waals surface area (Å²) in [7, 11) is 1.51. The summed E-state index contributed by atoms with van der Waals surface area (Å²) in [5.41, 5.74) is -2.27. The fourth-order valence-electron chi connectivity index (χ4n) is 4.44. The van der Waals surface area contributed by atoms with Gasteiger partial charge in [-0.2, -0.15) is 18.4 Å². The molecule has 0 aliphatic carbocycles. The van der Waals surface area contributed by atoms with Crippen LogP contribution < -0.4 is 15.8 Å². The van der Waals surface area contributed by atoms with Crippen LogP contribution >= 0.6 is 0 Å². The lowest BCUT2D eigenvalue weighted by Crippen LogP contribution is -2.41. The van der Waals surface area contributed by atoms with Gasteiger partial charge in [0, 0.05) is 26.3 Å². The summed E-state index contributed by atoms with van der Waals surface area (Å²) in [6.45, 7) is 2.30. The third-order valence-corrected chi connectivity index (χ3v) is 6.37. The molecule has 0 radical (unpaired) electrons. The van der Waals surface area contributed by atoms with Gasteiger partial charge in [-0.05, 0) is 55.5 Å². The van der Waals surface area contributed by atoms with E-state index in [0.717, 1.165) is 0 Å². The van der Waals surface area contributed by atoms with E-state index in [-0.39, 0.29) is 28.2 Å². The number of piperidine rings is 1. The molecule has 12 heteroatoms. The number of hydrogen-bond acceptors (Lipinski definition) is 7. The normalized spacial score (nSPS) is 15.6. The van der Waals surface area contributed by atoms with Gasteiger partial charge in [-0.1, -0.05) is 0 Å². The second-order valence-corrected chi connectivity index (χ2v) is 8.60. The molecular weight excluding hydrogens is 463 g/mol. The molecule has 0 spiro atoms. The van der Waals surface area contributed by atoms with E-state index in [2.05, 4.69) is 31.6 Å². The number of halogens is 3. The van der Waals surface area contributed by atoms with Crippen LogP contribution in [0.5, 0.6) is 0 Å². The lowest BCUT2D eigenvalue weighted by Gasteiger charge is -2.37. The van der Waals surface area contributed by atoms with Gasteiger partial charge < -0.3 is 15.2 Å². The van der Waals surface area contributed by atoms with Gasteiger partial charge in [0.25, 0.3) is 11.5 Å². The largest absolute Gasteiger partial charge is 0.422 e. The van der Waals surface area contributed by atoms with Crippen molar-refractivity contribution in [3.05, 3.63) is 57.1 Å². The number of nitrogens with zero attached hydrogens (tertiary/aromatic N) is 5. The minimum atomic E-state index is -4.78. The van der Waals surface area contributed by atoms with Gasteiger partial charge in [0.05, 0.1) is 22.5 Å². The highest BCUT2D eigenvalue weighted by Crippen LogP contribution is 2.36. The van der Waals surface area contributed by atoms with Crippen LogP contribution in [0.4, 0.5) is 19.0 Å². The first-order valence-electron chi connectivity index (χ1n) is 10.9. The van der Waals surface area contributed by atoms with Gasteiger partial charge in [-0.15, -0.1) is 10.2 Å². The number of H-pyrrole nitrogens is 1. The van der Waals surface area contributed by atoms with E-state index in [4.69, 9.17) is 0 Å². The van der Waals surface area contributed by atoms with Crippen molar-refractivity contribution in [3.8, 4) is 6.07 Å². The molecule has 0 saturated carbocycles. The summed E-state index contributed by atoms with van der Waals surface area (Å²) in [4.78, 5) is 32.2. The summed E-state index contributed by atoms with van der Waals surface area (Å²) in [5.74, 6) is 0.270. The Morgan fingerprint density at radius 2 is 2.00 bits per heavy atom. The van der Waals surface area contributed by atoms with Crippen molar-refractivity contribution in [2.24, 2.45) is 5.41 Å². The van der Waals surface area contributed by atoms with Crippen LogP contribution in [0.25, 0.3) is 11.0 Å². The Kier molecular flexibility index (Phi) is 6.19. The van der Waals surface area contributed by atoms with Crippen LogP contribution in [-0.2, 0) is 12.6 Å². The van der Waals surface area contributed by atoms with Crippen LogP contribution in [0.3, 0.4) is 0 Å². The summed E-state index contributed by atoms with van der Waals surface area (Å²) >= 11 is 0. The fourth-order valence-corrected chi connectivity index (χ4v) is 4.44. The first-order valence-corrected chi connectivity index (χ1v) is 10.9. The van der Waals surface area contributed by atoms with Crippen molar-refractivity contribution >= 4 is 22.8 Å². The minimum Gasteiger partial charge on any atom is -0.355 e. The highest BCUT2D eigenvalue weighted by Gasteiger charge is 2.38. The first-order chi connectivity index (χ1) is 16.6. The molecule has 182 valence electrons. The second-order valence-electron chi connectivity index (χ2n) is 8.60. The van der Waals surface area contributed by atoms with Crippen molar-refractivity contribution in [2.75, 3.05) is 25.0 Å². The molecule has 9 nitrogen and oxygen atoms in total. The molecule has 1 fully saturated rings. The Bertz CT molecular complexity index is 1370. The van der Waals surface area contributed by atoms with Crippen molar-refractivity contribution in [3.63, 3.8) is 0 Å². The molecule has 0 aromatic carbocycles. The molecule has 1 aliphatic rings. The molecular formula is C23H22F3N7O2. The van der Waals surface area contributed by atoms with Crippen molar-refractivity contribution in [1.29, 1.82) is 5.26 Å². The number of aromatic nitrogens is 4. The van der Waals surface area contributed by atoms with Crippen molar-refractivity contribution in [2.45, 2.75) is 32.4 Å². The predicted molar refractivity (Wildman–Crippen MR) is 121 cm³/mol. The van der Waals surface area contributed by atoms with E-state index in [0.29, 0.717) is 43.7 Å². The highest BCUT2D eigenvalue weighted by molar-refractivity contribution is 5.91. The van der Waals surface area contributed by atoms with E-state index in [1.54, 1.807) is 18.2 Å². The number of anilines is 1. The number of nitrogens with one attached hydrogen (secondary N) is 2. The maximum Gasteiger partial charge on any atom is 0.422 e. The summed E-state index contributed by atoms with van der Waals surface area (Å²) < 4.78 is 39.7. The number of carbonyl (C=O) groups is 1. The predicted octanol–water partition coefficient (Wildman–Crippen LogP) is 2.75. The lowest BCUT2D eigenvalue weighted by molar-refractivity contribution is -0.139. The molecule has 4 rings (SSSR count). The van der Waals surface area contributed by atoms with E-state index in [1.165, 1.54) is 20.2 Å². The van der Waals surface area contributed by atoms with Crippen molar-refractivity contribution in [1.82, 2.24) is 25.5 Å². The van der Waals surface area contributed by atoms with Crippen LogP contribution in [0, 0.1) is 23.7 Å². The number of fused-ring (bicyclic) bond motifs is 1. The number of rotatable bonds is 4. The number of aromatic amines is 1. The smallest absolute Gasteiger partial charge is 0.355 e.